The Kier molecular flexibility index (Phi) is 4.91. The zero-order valence-electron chi connectivity index (χ0n) is 16.8. The average Bonchev–Trinajstić information content (AvgIpc) is 3.43. The van der Waals surface area contributed by atoms with E-state index in [1.165, 1.54) is 0 Å². The maximum absolute atomic E-state index is 12.7. The van der Waals surface area contributed by atoms with Crippen molar-refractivity contribution in [3.05, 3.63) is 59.8 Å². The van der Waals surface area contributed by atoms with Crippen molar-refractivity contribution in [3.8, 4) is 5.75 Å². The van der Waals surface area contributed by atoms with Gasteiger partial charge in [0.05, 0.1) is 17.4 Å². The van der Waals surface area contributed by atoms with E-state index in [1.54, 1.807) is 18.3 Å². The van der Waals surface area contributed by atoms with Crippen LogP contribution in [0.3, 0.4) is 0 Å². The first-order valence-corrected chi connectivity index (χ1v) is 10.6. The molecule has 1 heterocycles. The fraction of sp³-hybridized carbons (Fsp3) is 0.375. The smallest absolute Gasteiger partial charge is 0.416 e. The zero-order chi connectivity index (χ0) is 21.6. The van der Waals surface area contributed by atoms with Crippen molar-refractivity contribution >= 4 is 22.5 Å². The van der Waals surface area contributed by atoms with Crippen LogP contribution in [0.25, 0.3) is 10.9 Å². The highest BCUT2D eigenvalue weighted by Crippen LogP contribution is 2.41. The van der Waals surface area contributed by atoms with Crippen molar-refractivity contribution in [2.45, 2.75) is 50.3 Å². The molecule has 5 rings (SSSR count). The number of carbonyl (C=O) groups is 1. The van der Waals surface area contributed by atoms with E-state index in [0.29, 0.717) is 12.3 Å². The summed E-state index contributed by atoms with van der Waals surface area (Å²) in [5.74, 6) is 1.50. The molecule has 31 heavy (non-hydrogen) atoms. The summed E-state index contributed by atoms with van der Waals surface area (Å²) in [7, 11) is 0. The van der Waals surface area contributed by atoms with Crippen LogP contribution < -0.4 is 10.1 Å². The van der Waals surface area contributed by atoms with Crippen molar-refractivity contribution in [1.29, 1.82) is 0 Å². The second kappa shape index (κ2) is 7.62. The van der Waals surface area contributed by atoms with Gasteiger partial charge in [0.1, 0.15) is 5.75 Å². The van der Waals surface area contributed by atoms with E-state index >= 15 is 0 Å². The predicted octanol–water partition coefficient (Wildman–Crippen LogP) is 6.25. The first-order chi connectivity index (χ1) is 14.8. The van der Waals surface area contributed by atoms with E-state index in [2.05, 4.69) is 10.3 Å². The summed E-state index contributed by atoms with van der Waals surface area (Å²) in [4.78, 5) is 15.3. The Morgan fingerprint density at radius 2 is 1.84 bits per heavy atom. The summed E-state index contributed by atoms with van der Waals surface area (Å²) in [6.45, 7) is 0. The summed E-state index contributed by atoms with van der Waals surface area (Å²) >= 11 is 0. The van der Waals surface area contributed by atoms with Crippen LogP contribution in [0.4, 0.5) is 18.9 Å². The number of anilines is 1. The molecule has 0 aliphatic heterocycles. The van der Waals surface area contributed by atoms with Crippen LogP contribution in [0.15, 0.2) is 48.7 Å². The lowest BCUT2D eigenvalue weighted by Gasteiger charge is -2.35. The number of halogens is 3. The molecular weight excluding hydrogens is 405 g/mol. The Balaban J connectivity index is 1.20. The molecule has 2 aromatic carbocycles. The number of hydrogen-bond donors (Lipinski definition) is 2. The standard InChI is InChI=1S/C24H23F3N2O2/c25-24(26,27)17-5-3-15(4-6-17)16-10-19(11-16)31-18-7-8-21-20(12-18)22(13-28-21)29-23(30)9-14-1-2-14/h3-8,12-14,16,19,28H,1-2,9-11H2,(H,29,30)/t16-,19+. The van der Waals surface area contributed by atoms with Gasteiger partial charge in [-0.1, -0.05) is 12.1 Å². The minimum absolute atomic E-state index is 0.0246. The molecule has 0 saturated heterocycles. The number of ether oxygens (including phenoxy) is 1. The maximum Gasteiger partial charge on any atom is 0.416 e. The molecule has 7 heteroatoms. The third-order valence-electron chi connectivity index (χ3n) is 6.21. The number of carbonyl (C=O) groups excluding carboxylic acids is 1. The van der Waals surface area contributed by atoms with Crippen LogP contribution in [-0.2, 0) is 11.0 Å². The molecule has 3 aromatic rings. The number of amides is 1. The van der Waals surface area contributed by atoms with Gasteiger partial charge in [0.2, 0.25) is 5.91 Å². The molecule has 4 nitrogen and oxygen atoms in total. The molecule has 0 bridgehead atoms. The highest BCUT2D eigenvalue weighted by molar-refractivity contribution is 6.02. The normalized spacial score (nSPS) is 21.0. The minimum Gasteiger partial charge on any atom is -0.490 e. The Morgan fingerprint density at radius 3 is 2.52 bits per heavy atom. The second-order valence-corrected chi connectivity index (χ2v) is 8.63. The topological polar surface area (TPSA) is 54.1 Å². The summed E-state index contributed by atoms with van der Waals surface area (Å²) < 4.78 is 44.2. The van der Waals surface area contributed by atoms with Gasteiger partial charge < -0.3 is 15.0 Å². The van der Waals surface area contributed by atoms with E-state index in [4.69, 9.17) is 4.74 Å². The van der Waals surface area contributed by atoms with Gasteiger partial charge in [-0.15, -0.1) is 0 Å². The van der Waals surface area contributed by atoms with Gasteiger partial charge in [-0.05, 0) is 73.4 Å². The van der Waals surface area contributed by atoms with E-state index in [-0.39, 0.29) is 17.9 Å². The van der Waals surface area contributed by atoms with Crippen LogP contribution >= 0.6 is 0 Å². The zero-order valence-corrected chi connectivity index (χ0v) is 16.8. The van der Waals surface area contributed by atoms with Gasteiger partial charge in [0.15, 0.2) is 0 Å². The lowest BCUT2D eigenvalue weighted by molar-refractivity contribution is -0.137. The molecule has 2 fully saturated rings. The lowest BCUT2D eigenvalue weighted by atomic mass is 9.77. The molecule has 2 aliphatic rings. The molecule has 1 aromatic heterocycles. The maximum atomic E-state index is 12.7. The van der Waals surface area contributed by atoms with Crippen molar-refractivity contribution in [1.82, 2.24) is 4.98 Å². The Labute approximate surface area is 177 Å². The van der Waals surface area contributed by atoms with E-state index in [9.17, 15) is 18.0 Å². The number of benzene rings is 2. The molecular formula is C24H23F3N2O2. The van der Waals surface area contributed by atoms with E-state index in [0.717, 1.165) is 65.7 Å². The first-order valence-electron chi connectivity index (χ1n) is 10.6. The quantitative estimate of drug-likeness (QED) is 0.488. The van der Waals surface area contributed by atoms with Crippen LogP contribution in [-0.4, -0.2) is 17.0 Å². The number of hydrogen-bond acceptors (Lipinski definition) is 2. The summed E-state index contributed by atoms with van der Waals surface area (Å²) in [5.41, 5.74) is 1.96. The first kappa shape index (κ1) is 20.0. The van der Waals surface area contributed by atoms with Crippen LogP contribution in [0.2, 0.25) is 0 Å². The molecule has 1 amide bonds. The monoisotopic (exact) mass is 428 g/mol. The highest BCUT2D eigenvalue weighted by Gasteiger charge is 2.34. The minimum atomic E-state index is -4.31. The molecule has 162 valence electrons. The summed E-state index contributed by atoms with van der Waals surface area (Å²) in [6, 6.07) is 11.1. The summed E-state index contributed by atoms with van der Waals surface area (Å²) in [5, 5.41) is 3.89. The van der Waals surface area contributed by atoms with Crippen molar-refractivity contribution in [3.63, 3.8) is 0 Å². The number of aromatic amines is 1. The SMILES string of the molecule is O=C(CC1CC1)Nc1c[nH]c2ccc(O[C@H]3C[C@@H](c4ccc(C(F)(F)F)cc4)C3)cc12. The van der Waals surface area contributed by atoms with Crippen LogP contribution in [0.5, 0.6) is 5.75 Å². The fourth-order valence-corrected chi connectivity index (χ4v) is 4.13. The molecule has 0 atom stereocenters. The van der Waals surface area contributed by atoms with E-state index < -0.39 is 11.7 Å². The van der Waals surface area contributed by atoms with Gasteiger partial charge in [0, 0.05) is 23.5 Å². The Morgan fingerprint density at radius 1 is 1.10 bits per heavy atom. The molecule has 0 unspecified atom stereocenters. The van der Waals surface area contributed by atoms with Crippen molar-refractivity contribution in [2.75, 3.05) is 5.32 Å². The fourth-order valence-electron chi connectivity index (χ4n) is 4.13. The molecule has 0 spiro atoms. The summed E-state index contributed by atoms with van der Waals surface area (Å²) in [6.07, 6.45) is 1.87. The van der Waals surface area contributed by atoms with E-state index in [1.807, 2.05) is 18.2 Å². The number of fused-ring (bicyclic) bond motifs is 1. The molecule has 2 N–H and O–H groups in total. The number of aromatic nitrogens is 1. The van der Waals surface area contributed by atoms with Crippen molar-refractivity contribution < 1.29 is 22.7 Å². The van der Waals surface area contributed by atoms with Gasteiger partial charge >= 0.3 is 6.18 Å². The third kappa shape index (κ3) is 4.40. The Hall–Kier alpha value is -2.96. The Bertz CT molecular complexity index is 1090. The lowest BCUT2D eigenvalue weighted by Crippen LogP contribution is -2.32. The van der Waals surface area contributed by atoms with Crippen molar-refractivity contribution in [2.24, 2.45) is 5.92 Å². The largest absolute Gasteiger partial charge is 0.490 e. The number of alkyl halides is 3. The van der Waals surface area contributed by atoms with Gasteiger partial charge in [-0.25, -0.2) is 0 Å². The average molecular weight is 428 g/mol. The second-order valence-electron chi connectivity index (χ2n) is 8.63. The van der Waals surface area contributed by atoms with Gasteiger partial charge in [0.25, 0.3) is 0 Å². The van der Waals surface area contributed by atoms with Gasteiger partial charge in [-0.3, -0.25) is 4.79 Å². The third-order valence-corrected chi connectivity index (χ3v) is 6.21. The number of rotatable bonds is 6. The highest BCUT2D eigenvalue weighted by atomic mass is 19.4. The molecule has 2 aliphatic carbocycles. The molecule has 0 radical (unpaired) electrons. The predicted molar refractivity (Wildman–Crippen MR) is 112 cm³/mol. The number of H-pyrrole nitrogens is 1. The van der Waals surface area contributed by atoms with Crippen LogP contribution in [0.1, 0.15) is 49.1 Å². The molecule has 2 saturated carbocycles. The van der Waals surface area contributed by atoms with Crippen LogP contribution in [0, 0.1) is 5.92 Å². The number of nitrogens with one attached hydrogen (secondary N) is 2. The van der Waals surface area contributed by atoms with Gasteiger partial charge in [-0.2, -0.15) is 13.2 Å².